The smallest absolute Gasteiger partial charge is 0.182 e. The maximum atomic E-state index is 4.74. The van der Waals surface area contributed by atoms with Crippen molar-refractivity contribution in [2.75, 3.05) is 0 Å². The maximum absolute atomic E-state index is 4.74. The van der Waals surface area contributed by atoms with Gasteiger partial charge in [0.1, 0.15) is 5.69 Å². The van der Waals surface area contributed by atoms with Gasteiger partial charge in [0.25, 0.3) is 0 Å². The second kappa shape index (κ2) is 8.01. The van der Waals surface area contributed by atoms with E-state index in [1.165, 1.54) is 0 Å². The first-order valence-electron chi connectivity index (χ1n) is 9.60. The van der Waals surface area contributed by atoms with Crippen LogP contribution in [0.3, 0.4) is 0 Å². The Hall–Kier alpha value is -4.25. The fourth-order valence-electron chi connectivity index (χ4n) is 3.19. The van der Waals surface area contributed by atoms with E-state index in [0.717, 1.165) is 22.3 Å². The Morgan fingerprint density at radius 3 is 1.63 bits per heavy atom. The molecule has 0 aliphatic heterocycles. The van der Waals surface area contributed by atoms with E-state index >= 15 is 0 Å². The summed E-state index contributed by atoms with van der Waals surface area (Å²) in [6.45, 7) is 0. The Labute approximate surface area is 174 Å². The van der Waals surface area contributed by atoms with E-state index in [9.17, 15) is 0 Å². The van der Waals surface area contributed by atoms with Crippen molar-refractivity contribution in [2.45, 2.75) is 0 Å². The third-order valence-corrected chi connectivity index (χ3v) is 4.72. The van der Waals surface area contributed by atoms with Crippen LogP contribution in [0.1, 0.15) is 0 Å². The molecule has 3 aromatic heterocycles. The third kappa shape index (κ3) is 3.69. The van der Waals surface area contributed by atoms with E-state index in [1.807, 2.05) is 72.8 Å². The van der Waals surface area contributed by atoms with Crippen LogP contribution in [0.25, 0.3) is 45.4 Å². The Morgan fingerprint density at radius 1 is 0.400 bits per heavy atom. The summed E-state index contributed by atoms with van der Waals surface area (Å²) in [7, 11) is 0. The van der Waals surface area contributed by atoms with Crippen molar-refractivity contribution in [1.82, 2.24) is 24.9 Å². The molecule has 0 amide bonds. The van der Waals surface area contributed by atoms with Gasteiger partial charge in [0.2, 0.25) is 0 Å². The molecular weight excluding hydrogens is 370 g/mol. The fraction of sp³-hybridized carbons (Fsp3) is 0. The number of rotatable bonds is 4. The van der Waals surface area contributed by atoms with Gasteiger partial charge in [-0.3, -0.25) is 9.97 Å². The van der Waals surface area contributed by atoms with E-state index in [1.54, 1.807) is 18.6 Å². The lowest BCUT2D eigenvalue weighted by Gasteiger charge is -2.08. The molecule has 0 bridgehead atoms. The zero-order valence-corrected chi connectivity index (χ0v) is 16.1. The molecule has 5 aromatic rings. The first-order valence-corrected chi connectivity index (χ1v) is 9.60. The van der Waals surface area contributed by atoms with Crippen molar-refractivity contribution < 1.29 is 0 Å². The Balaban J connectivity index is 1.60. The lowest BCUT2D eigenvalue weighted by Crippen LogP contribution is -2.00. The molecule has 5 heteroatoms. The molecule has 0 saturated carbocycles. The summed E-state index contributed by atoms with van der Waals surface area (Å²) in [5, 5.41) is 0. The highest BCUT2D eigenvalue weighted by atomic mass is 15.0. The number of pyridine rings is 2. The summed E-state index contributed by atoms with van der Waals surface area (Å²) in [4.78, 5) is 22.6. The van der Waals surface area contributed by atoms with E-state index in [-0.39, 0.29) is 0 Å². The Morgan fingerprint density at radius 2 is 0.967 bits per heavy atom. The van der Waals surface area contributed by atoms with Crippen LogP contribution in [-0.2, 0) is 0 Å². The molecule has 30 heavy (non-hydrogen) atoms. The van der Waals surface area contributed by atoms with Crippen LogP contribution >= 0.6 is 0 Å². The molecule has 3 heterocycles. The van der Waals surface area contributed by atoms with Crippen LogP contribution in [0, 0.1) is 0 Å². The fourth-order valence-corrected chi connectivity index (χ4v) is 3.19. The van der Waals surface area contributed by atoms with Gasteiger partial charge in [-0.25, -0.2) is 15.0 Å². The Kier molecular flexibility index (Phi) is 4.76. The molecule has 2 aromatic carbocycles. The van der Waals surface area contributed by atoms with Gasteiger partial charge in [0.15, 0.2) is 17.5 Å². The standard InChI is InChI=1S/C25H17N5/c1-2-6-20(7-3-1)23-28-24(30-25(29-23)22-8-4-5-15-27-22)21-11-9-18(10-12-21)19-13-16-26-17-14-19/h1-17H. The minimum Gasteiger partial charge on any atom is -0.265 e. The molecule has 0 unspecified atom stereocenters. The number of hydrogen-bond acceptors (Lipinski definition) is 5. The minimum atomic E-state index is 0.553. The van der Waals surface area contributed by atoms with Crippen molar-refractivity contribution in [3.8, 4) is 45.4 Å². The summed E-state index contributed by atoms with van der Waals surface area (Å²) in [5.41, 5.74) is 4.80. The molecule has 5 rings (SSSR count). The molecule has 0 spiro atoms. The number of nitrogens with zero attached hydrogens (tertiary/aromatic N) is 5. The molecule has 0 aliphatic rings. The topological polar surface area (TPSA) is 64.5 Å². The lowest BCUT2D eigenvalue weighted by molar-refractivity contribution is 1.06. The molecule has 0 radical (unpaired) electrons. The maximum Gasteiger partial charge on any atom is 0.182 e. The lowest BCUT2D eigenvalue weighted by atomic mass is 10.0. The quantitative estimate of drug-likeness (QED) is 0.417. The van der Waals surface area contributed by atoms with Gasteiger partial charge >= 0.3 is 0 Å². The van der Waals surface area contributed by atoms with E-state index in [4.69, 9.17) is 9.97 Å². The normalized spacial score (nSPS) is 10.7. The average Bonchev–Trinajstić information content (AvgIpc) is 2.85. The summed E-state index contributed by atoms with van der Waals surface area (Å²) < 4.78 is 0. The molecule has 0 N–H and O–H groups in total. The molecular formula is C25H17N5. The average molecular weight is 387 g/mol. The van der Waals surface area contributed by atoms with Crippen LogP contribution < -0.4 is 0 Å². The van der Waals surface area contributed by atoms with Gasteiger partial charge < -0.3 is 0 Å². The first-order chi connectivity index (χ1) is 14.9. The van der Waals surface area contributed by atoms with E-state index in [2.05, 4.69) is 27.1 Å². The first kappa shape index (κ1) is 17.8. The van der Waals surface area contributed by atoms with E-state index < -0.39 is 0 Å². The second-order valence-electron chi connectivity index (χ2n) is 6.70. The van der Waals surface area contributed by atoms with Crippen LogP contribution in [0.5, 0.6) is 0 Å². The van der Waals surface area contributed by atoms with Gasteiger partial charge in [0, 0.05) is 29.7 Å². The molecule has 0 atom stereocenters. The predicted octanol–water partition coefficient (Wildman–Crippen LogP) is 5.33. The van der Waals surface area contributed by atoms with Gasteiger partial charge in [-0.2, -0.15) is 0 Å². The van der Waals surface area contributed by atoms with Crippen LogP contribution in [0.4, 0.5) is 0 Å². The molecule has 5 nitrogen and oxygen atoms in total. The molecule has 142 valence electrons. The number of aromatic nitrogens is 5. The minimum absolute atomic E-state index is 0.553. The van der Waals surface area contributed by atoms with Crippen LogP contribution in [-0.4, -0.2) is 24.9 Å². The monoisotopic (exact) mass is 387 g/mol. The molecule has 0 saturated heterocycles. The van der Waals surface area contributed by atoms with Crippen molar-refractivity contribution in [1.29, 1.82) is 0 Å². The van der Waals surface area contributed by atoms with Gasteiger partial charge in [-0.1, -0.05) is 60.7 Å². The molecule has 0 fully saturated rings. The van der Waals surface area contributed by atoms with Gasteiger partial charge in [-0.15, -0.1) is 0 Å². The highest BCUT2D eigenvalue weighted by molar-refractivity contribution is 5.69. The van der Waals surface area contributed by atoms with Crippen molar-refractivity contribution >= 4 is 0 Å². The summed E-state index contributed by atoms with van der Waals surface area (Å²) in [6.07, 6.45) is 5.32. The van der Waals surface area contributed by atoms with Crippen LogP contribution in [0.2, 0.25) is 0 Å². The van der Waals surface area contributed by atoms with Crippen molar-refractivity contribution in [3.05, 3.63) is 104 Å². The summed E-state index contributed by atoms with van der Waals surface area (Å²) >= 11 is 0. The van der Waals surface area contributed by atoms with Crippen molar-refractivity contribution in [2.24, 2.45) is 0 Å². The van der Waals surface area contributed by atoms with Gasteiger partial charge in [0.05, 0.1) is 0 Å². The molecule has 0 aliphatic carbocycles. The highest BCUT2D eigenvalue weighted by Crippen LogP contribution is 2.26. The van der Waals surface area contributed by atoms with Crippen LogP contribution in [0.15, 0.2) is 104 Å². The number of hydrogen-bond donors (Lipinski definition) is 0. The second-order valence-corrected chi connectivity index (χ2v) is 6.70. The summed E-state index contributed by atoms with van der Waals surface area (Å²) in [6, 6.07) is 27.8. The van der Waals surface area contributed by atoms with E-state index in [0.29, 0.717) is 23.2 Å². The van der Waals surface area contributed by atoms with Crippen molar-refractivity contribution in [3.63, 3.8) is 0 Å². The van der Waals surface area contributed by atoms with Gasteiger partial charge in [-0.05, 0) is 35.4 Å². The highest BCUT2D eigenvalue weighted by Gasteiger charge is 2.12. The SMILES string of the molecule is c1ccc(-c2nc(-c3ccc(-c4ccncc4)cc3)nc(-c3ccccn3)n2)cc1. The predicted molar refractivity (Wildman–Crippen MR) is 117 cm³/mol. The third-order valence-electron chi connectivity index (χ3n) is 4.72. The Bertz CT molecular complexity index is 1200. The number of benzene rings is 2. The largest absolute Gasteiger partial charge is 0.265 e. The zero-order chi connectivity index (χ0) is 20.2. The summed E-state index contributed by atoms with van der Waals surface area (Å²) in [5.74, 6) is 1.79. The zero-order valence-electron chi connectivity index (χ0n) is 16.1.